The van der Waals surface area contributed by atoms with Crippen LogP contribution in [0.2, 0.25) is 0 Å². The Labute approximate surface area is 174 Å². The molecule has 2 amide bonds. The molecule has 3 rings (SSSR count). The molecule has 1 aromatic heterocycles. The number of hydrogen-bond acceptors (Lipinski definition) is 5. The Balaban J connectivity index is 1.72. The Morgan fingerprint density at radius 1 is 1.03 bits per heavy atom. The highest BCUT2D eigenvalue weighted by Gasteiger charge is 2.27. The molecule has 6 nitrogen and oxygen atoms in total. The van der Waals surface area contributed by atoms with Crippen molar-refractivity contribution in [2.45, 2.75) is 33.2 Å². The molecule has 0 saturated heterocycles. The number of anilines is 1. The van der Waals surface area contributed by atoms with Gasteiger partial charge in [-0.1, -0.05) is 79.6 Å². The van der Waals surface area contributed by atoms with E-state index < -0.39 is 6.04 Å². The van der Waals surface area contributed by atoms with Crippen molar-refractivity contribution < 1.29 is 9.59 Å². The van der Waals surface area contributed by atoms with Crippen LogP contribution in [-0.2, 0) is 4.79 Å². The summed E-state index contributed by atoms with van der Waals surface area (Å²) >= 11 is 1.30. The van der Waals surface area contributed by atoms with Crippen molar-refractivity contribution in [1.82, 2.24) is 15.5 Å². The number of nitrogens with zero attached hydrogens (tertiary/aromatic N) is 2. The molecule has 0 fully saturated rings. The molecule has 29 heavy (non-hydrogen) atoms. The van der Waals surface area contributed by atoms with Crippen LogP contribution in [0.25, 0.3) is 10.6 Å². The van der Waals surface area contributed by atoms with Gasteiger partial charge >= 0.3 is 0 Å². The van der Waals surface area contributed by atoms with E-state index in [4.69, 9.17) is 0 Å². The zero-order valence-electron chi connectivity index (χ0n) is 16.7. The third kappa shape index (κ3) is 5.26. The number of benzene rings is 2. The Morgan fingerprint density at radius 2 is 1.72 bits per heavy atom. The average molecular weight is 409 g/mol. The second-order valence-electron chi connectivity index (χ2n) is 6.97. The van der Waals surface area contributed by atoms with E-state index in [-0.39, 0.29) is 17.7 Å². The SMILES string of the molecule is CC[C@@H](C)[C@H](NC(=O)c1ccc(C)cc1)C(=O)Nc1nnc(-c2ccccc2)s1. The van der Waals surface area contributed by atoms with Crippen molar-refractivity contribution in [2.75, 3.05) is 5.32 Å². The van der Waals surface area contributed by atoms with Crippen molar-refractivity contribution in [1.29, 1.82) is 0 Å². The molecule has 7 heteroatoms. The summed E-state index contributed by atoms with van der Waals surface area (Å²) in [6.07, 6.45) is 0.748. The maximum atomic E-state index is 12.9. The van der Waals surface area contributed by atoms with Crippen LogP contribution in [0.1, 0.15) is 36.2 Å². The maximum absolute atomic E-state index is 12.9. The van der Waals surface area contributed by atoms with Gasteiger partial charge in [0.1, 0.15) is 11.0 Å². The van der Waals surface area contributed by atoms with Gasteiger partial charge in [0.25, 0.3) is 5.91 Å². The summed E-state index contributed by atoms with van der Waals surface area (Å²) in [6.45, 7) is 5.89. The highest BCUT2D eigenvalue weighted by atomic mass is 32.1. The molecule has 1 heterocycles. The molecule has 2 aromatic carbocycles. The van der Waals surface area contributed by atoms with Crippen LogP contribution < -0.4 is 10.6 Å². The summed E-state index contributed by atoms with van der Waals surface area (Å²) in [6, 6.07) is 16.3. The summed E-state index contributed by atoms with van der Waals surface area (Å²) < 4.78 is 0. The van der Waals surface area contributed by atoms with Crippen molar-refractivity contribution in [3.63, 3.8) is 0 Å². The van der Waals surface area contributed by atoms with Gasteiger partial charge in [0, 0.05) is 11.1 Å². The van der Waals surface area contributed by atoms with E-state index >= 15 is 0 Å². The third-order valence-corrected chi connectivity index (χ3v) is 5.66. The van der Waals surface area contributed by atoms with Crippen LogP contribution >= 0.6 is 11.3 Å². The van der Waals surface area contributed by atoms with Gasteiger partial charge in [0.2, 0.25) is 11.0 Å². The number of hydrogen-bond donors (Lipinski definition) is 2. The molecule has 0 saturated carbocycles. The van der Waals surface area contributed by atoms with E-state index in [9.17, 15) is 9.59 Å². The monoisotopic (exact) mass is 408 g/mol. The molecule has 0 unspecified atom stereocenters. The smallest absolute Gasteiger partial charge is 0.251 e. The fraction of sp³-hybridized carbons (Fsp3) is 0.273. The molecule has 0 aliphatic heterocycles. The first kappa shape index (κ1) is 20.7. The number of rotatable bonds is 7. The van der Waals surface area contributed by atoms with Crippen molar-refractivity contribution in [2.24, 2.45) is 5.92 Å². The van der Waals surface area contributed by atoms with Gasteiger partial charge in [-0.2, -0.15) is 0 Å². The number of aromatic nitrogens is 2. The second-order valence-corrected chi connectivity index (χ2v) is 7.95. The number of amides is 2. The summed E-state index contributed by atoms with van der Waals surface area (Å²) in [7, 11) is 0. The molecular weight excluding hydrogens is 384 g/mol. The molecule has 150 valence electrons. The first-order chi connectivity index (χ1) is 14.0. The van der Waals surface area contributed by atoms with Crippen LogP contribution in [0.5, 0.6) is 0 Å². The Kier molecular flexibility index (Phi) is 6.72. The van der Waals surface area contributed by atoms with Gasteiger partial charge in [0.05, 0.1) is 0 Å². The van der Waals surface area contributed by atoms with E-state index in [2.05, 4.69) is 20.8 Å². The number of carbonyl (C=O) groups is 2. The van der Waals surface area contributed by atoms with Gasteiger partial charge in [-0.3, -0.25) is 14.9 Å². The van der Waals surface area contributed by atoms with Gasteiger partial charge in [-0.25, -0.2) is 0 Å². The second kappa shape index (κ2) is 9.43. The van der Waals surface area contributed by atoms with Crippen LogP contribution in [0.3, 0.4) is 0 Å². The van der Waals surface area contributed by atoms with Gasteiger partial charge in [-0.15, -0.1) is 10.2 Å². The zero-order chi connectivity index (χ0) is 20.8. The van der Waals surface area contributed by atoms with Gasteiger partial charge in [-0.05, 0) is 25.0 Å². The molecule has 0 aliphatic carbocycles. The quantitative estimate of drug-likeness (QED) is 0.611. The topological polar surface area (TPSA) is 84.0 Å². The highest BCUT2D eigenvalue weighted by Crippen LogP contribution is 2.26. The van der Waals surface area contributed by atoms with E-state index in [1.54, 1.807) is 12.1 Å². The van der Waals surface area contributed by atoms with Gasteiger partial charge < -0.3 is 5.32 Å². The minimum atomic E-state index is -0.669. The molecule has 0 aliphatic rings. The highest BCUT2D eigenvalue weighted by molar-refractivity contribution is 7.18. The number of nitrogens with one attached hydrogen (secondary N) is 2. The van der Waals surface area contributed by atoms with E-state index in [1.807, 2.05) is 63.2 Å². The summed E-state index contributed by atoms with van der Waals surface area (Å²) in [5.41, 5.74) is 2.54. The number of aryl methyl sites for hydroxylation is 1. The van der Waals surface area contributed by atoms with Crippen molar-refractivity contribution in [3.8, 4) is 10.6 Å². The summed E-state index contributed by atoms with van der Waals surface area (Å²) in [5.74, 6) is -0.603. The Bertz CT molecular complexity index is 970. The lowest BCUT2D eigenvalue weighted by Crippen LogP contribution is -2.47. The molecule has 3 aromatic rings. The Morgan fingerprint density at radius 3 is 2.38 bits per heavy atom. The Hall–Kier alpha value is -3.06. The van der Waals surface area contributed by atoms with Crippen LogP contribution in [0, 0.1) is 12.8 Å². The largest absolute Gasteiger partial charge is 0.340 e. The molecule has 0 radical (unpaired) electrons. The fourth-order valence-corrected chi connectivity index (χ4v) is 3.54. The minimum Gasteiger partial charge on any atom is -0.340 e. The molecule has 2 N–H and O–H groups in total. The lowest BCUT2D eigenvalue weighted by molar-refractivity contribution is -0.119. The lowest BCUT2D eigenvalue weighted by atomic mass is 9.98. The lowest BCUT2D eigenvalue weighted by Gasteiger charge is -2.23. The van der Waals surface area contributed by atoms with E-state index in [0.717, 1.165) is 22.6 Å². The normalized spacial score (nSPS) is 12.8. The molecule has 2 atom stereocenters. The average Bonchev–Trinajstić information content (AvgIpc) is 3.20. The predicted octanol–water partition coefficient (Wildman–Crippen LogP) is 4.30. The maximum Gasteiger partial charge on any atom is 0.251 e. The summed E-state index contributed by atoms with van der Waals surface area (Å²) in [4.78, 5) is 25.5. The fourth-order valence-electron chi connectivity index (χ4n) is 2.79. The van der Waals surface area contributed by atoms with Crippen LogP contribution in [-0.4, -0.2) is 28.1 Å². The van der Waals surface area contributed by atoms with Crippen LogP contribution in [0.15, 0.2) is 54.6 Å². The first-order valence-electron chi connectivity index (χ1n) is 9.55. The zero-order valence-corrected chi connectivity index (χ0v) is 17.5. The molecule has 0 bridgehead atoms. The third-order valence-electron chi connectivity index (χ3n) is 4.77. The van der Waals surface area contributed by atoms with Crippen molar-refractivity contribution in [3.05, 3.63) is 65.7 Å². The standard InChI is InChI=1S/C22H24N4O2S/c1-4-15(3)18(23-19(27)16-12-10-14(2)11-13-16)20(28)24-22-26-25-21(29-22)17-8-6-5-7-9-17/h5-13,15,18H,4H2,1-3H3,(H,23,27)(H,24,26,28)/t15-,18+/m1/s1. The van der Waals surface area contributed by atoms with E-state index in [0.29, 0.717) is 10.7 Å². The van der Waals surface area contributed by atoms with Gasteiger partial charge in [0.15, 0.2) is 0 Å². The van der Waals surface area contributed by atoms with Crippen molar-refractivity contribution >= 4 is 28.3 Å². The van der Waals surface area contributed by atoms with E-state index in [1.165, 1.54) is 11.3 Å². The first-order valence-corrected chi connectivity index (χ1v) is 10.4. The molecular formula is C22H24N4O2S. The minimum absolute atomic E-state index is 0.0362. The van der Waals surface area contributed by atoms with Crippen LogP contribution in [0.4, 0.5) is 5.13 Å². The predicted molar refractivity (Wildman–Crippen MR) is 116 cm³/mol. The number of carbonyl (C=O) groups excluding carboxylic acids is 2. The summed E-state index contributed by atoms with van der Waals surface area (Å²) in [5, 5.41) is 15.0. The molecule has 0 spiro atoms.